The molecule has 3 rings (SSSR count). The summed E-state index contributed by atoms with van der Waals surface area (Å²) in [5.74, 6) is 0. The van der Waals surface area contributed by atoms with Gasteiger partial charge in [-0.15, -0.1) is 5.10 Å². The third-order valence-electron chi connectivity index (χ3n) is 2.88. The largest absolute Gasteiger partial charge is 0.374 e. The van der Waals surface area contributed by atoms with Crippen molar-refractivity contribution in [1.29, 1.82) is 0 Å². The van der Waals surface area contributed by atoms with E-state index in [-0.39, 0.29) is 5.69 Å². The second-order valence-electron chi connectivity index (χ2n) is 3.97. The lowest BCUT2D eigenvalue weighted by molar-refractivity contribution is 0.191. The maximum Gasteiger partial charge on any atom is 0.353 e. The van der Waals surface area contributed by atoms with E-state index in [0.717, 1.165) is 21.1 Å². The van der Waals surface area contributed by atoms with Gasteiger partial charge in [-0.1, -0.05) is 18.2 Å². The number of rotatable bonds is 1. The molecule has 17 heavy (non-hydrogen) atoms. The number of benzene rings is 1. The summed E-state index contributed by atoms with van der Waals surface area (Å²) in [6, 6.07) is 9.60. The van der Waals surface area contributed by atoms with Crippen LogP contribution in [0.2, 0.25) is 0 Å². The second kappa shape index (κ2) is 3.43. The zero-order chi connectivity index (χ0) is 12.0. The maximum atomic E-state index is 12.0. The first-order chi connectivity index (χ1) is 8.22. The molecule has 0 bridgehead atoms. The molecule has 0 radical (unpaired) electrons. The van der Waals surface area contributed by atoms with Crippen molar-refractivity contribution in [2.45, 2.75) is 13.7 Å². The summed E-state index contributed by atoms with van der Waals surface area (Å²) in [4.78, 5) is 12.0. The van der Waals surface area contributed by atoms with Crippen molar-refractivity contribution >= 4 is 16.6 Å². The Morgan fingerprint density at radius 1 is 1.35 bits per heavy atom. The molecule has 1 N–H and O–H groups in total. The summed E-state index contributed by atoms with van der Waals surface area (Å²) >= 11 is 0. The van der Waals surface area contributed by atoms with E-state index in [0.29, 0.717) is 5.65 Å². The van der Waals surface area contributed by atoms with Crippen molar-refractivity contribution in [2.75, 3.05) is 0 Å². The highest BCUT2D eigenvalue weighted by atomic mass is 16.3. The van der Waals surface area contributed by atoms with Gasteiger partial charge < -0.3 is 5.11 Å². The van der Waals surface area contributed by atoms with Crippen molar-refractivity contribution in [3.63, 3.8) is 0 Å². The van der Waals surface area contributed by atoms with Gasteiger partial charge in [-0.05, 0) is 30.0 Å². The van der Waals surface area contributed by atoms with Crippen LogP contribution in [0, 0.1) is 6.92 Å². The Morgan fingerprint density at radius 2 is 2.12 bits per heavy atom. The molecule has 0 fully saturated rings. The molecule has 0 saturated heterocycles. The average molecular weight is 229 g/mol. The summed E-state index contributed by atoms with van der Waals surface area (Å²) in [7, 11) is 0. The third kappa shape index (κ3) is 1.29. The van der Waals surface area contributed by atoms with Gasteiger partial charge in [0, 0.05) is 0 Å². The van der Waals surface area contributed by atoms with Gasteiger partial charge in [-0.2, -0.15) is 4.68 Å². The van der Waals surface area contributed by atoms with Crippen LogP contribution in [0.25, 0.3) is 16.6 Å². The molecule has 1 aromatic carbocycles. The quantitative estimate of drug-likeness (QED) is 0.674. The smallest absolute Gasteiger partial charge is 0.353 e. The molecular formula is C12H11N3O2. The molecule has 5 heteroatoms. The molecular weight excluding hydrogens is 218 g/mol. The molecule has 0 spiro atoms. The molecule has 5 nitrogen and oxygen atoms in total. The fourth-order valence-corrected chi connectivity index (χ4v) is 2.08. The van der Waals surface area contributed by atoms with Gasteiger partial charge in [0.05, 0.1) is 5.52 Å². The van der Waals surface area contributed by atoms with Crippen molar-refractivity contribution in [1.82, 2.24) is 14.2 Å². The Labute approximate surface area is 96.5 Å². The summed E-state index contributed by atoms with van der Waals surface area (Å²) in [6.07, 6.45) is 0. The van der Waals surface area contributed by atoms with Gasteiger partial charge in [0.25, 0.3) is 0 Å². The first-order valence-electron chi connectivity index (χ1n) is 5.31. The van der Waals surface area contributed by atoms with Crippen LogP contribution in [-0.2, 0) is 6.73 Å². The van der Waals surface area contributed by atoms with E-state index < -0.39 is 6.73 Å². The highest BCUT2D eigenvalue weighted by molar-refractivity contribution is 5.83. The van der Waals surface area contributed by atoms with Crippen LogP contribution in [0.15, 0.2) is 35.1 Å². The van der Waals surface area contributed by atoms with Crippen LogP contribution >= 0.6 is 0 Å². The zero-order valence-corrected chi connectivity index (χ0v) is 9.29. The van der Waals surface area contributed by atoms with Crippen LogP contribution in [0.4, 0.5) is 0 Å². The normalized spacial score (nSPS) is 11.4. The standard InChI is InChI=1S/C12H11N3O2/c1-8-6-9-4-2-3-5-10(9)15-11(8)13-14(7-16)12(15)17/h2-6,16H,7H2,1H3. The predicted octanol–water partition coefficient (Wildman–Crippen LogP) is 0.907. The Kier molecular flexibility index (Phi) is 2.02. The van der Waals surface area contributed by atoms with Gasteiger partial charge in [0.15, 0.2) is 5.65 Å². The maximum absolute atomic E-state index is 12.0. The highest BCUT2D eigenvalue weighted by Crippen LogP contribution is 2.17. The molecule has 0 atom stereocenters. The van der Waals surface area contributed by atoms with Crippen molar-refractivity contribution in [2.24, 2.45) is 0 Å². The topological polar surface area (TPSA) is 59.5 Å². The number of aliphatic hydroxyl groups is 1. The molecule has 2 aromatic heterocycles. The summed E-state index contributed by atoms with van der Waals surface area (Å²) in [5.41, 5.74) is 1.98. The minimum atomic E-state index is -0.408. The monoisotopic (exact) mass is 229 g/mol. The number of aromatic nitrogens is 3. The number of fused-ring (bicyclic) bond motifs is 3. The lowest BCUT2D eigenvalue weighted by Gasteiger charge is -2.02. The van der Waals surface area contributed by atoms with Crippen LogP contribution in [0.1, 0.15) is 5.56 Å². The lowest BCUT2D eigenvalue weighted by atomic mass is 10.1. The molecule has 0 aliphatic heterocycles. The predicted molar refractivity (Wildman–Crippen MR) is 63.9 cm³/mol. The number of hydrogen-bond donors (Lipinski definition) is 1. The van der Waals surface area contributed by atoms with E-state index in [9.17, 15) is 4.79 Å². The summed E-state index contributed by atoms with van der Waals surface area (Å²) in [5, 5.41) is 14.2. The minimum Gasteiger partial charge on any atom is -0.374 e. The van der Waals surface area contributed by atoms with E-state index in [1.165, 1.54) is 4.40 Å². The Bertz CT molecular complexity index is 770. The molecule has 0 aliphatic rings. The highest BCUT2D eigenvalue weighted by Gasteiger charge is 2.11. The number of aryl methyl sites for hydroxylation is 1. The van der Waals surface area contributed by atoms with E-state index in [4.69, 9.17) is 5.11 Å². The lowest BCUT2D eigenvalue weighted by Crippen LogP contribution is -2.21. The second-order valence-corrected chi connectivity index (χ2v) is 3.97. The molecule has 0 unspecified atom stereocenters. The number of nitrogens with zero attached hydrogens (tertiary/aromatic N) is 3. The Morgan fingerprint density at radius 3 is 2.88 bits per heavy atom. The first kappa shape index (κ1) is 10.0. The average Bonchev–Trinajstić information content (AvgIpc) is 2.68. The van der Waals surface area contributed by atoms with Gasteiger partial charge in [-0.25, -0.2) is 9.20 Å². The van der Waals surface area contributed by atoms with Gasteiger partial charge in [-0.3, -0.25) is 0 Å². The van der Waals surface area contributed by atoms with E-state index in [1.54, 1.807) is 0 Å². The van der Waals surface area contributed by atoms with Crippen LogP contribution < -0.4 is 5.69 Å². The Balaban J connectivity index is 2.64. The third-order valence-corrected chi connectivity index (χ3v) is 2.88. The Hall–Kier alpha value is -2.14. The molecule has 86 valence electrons. The van der Waals surface area contributed by atoms with Crippen LogP contribution in [-0.4, -0.2) is 19.3 Å². The fourth-order valence-electron chi connectivity index (χ4n) is 2.08. The van der Waals surface area contributed by atoms with Gasteiger partial charge in [0.2, 0.25) is 0 Å². The molecule has 2 heterocycles. The summed E-state index contributed by atoms with van der Waals surface area (Å²) < 4.78 is 2.58. The van der Waals surface area contributed by atoms with E-state index in [1.807, 2.05) is 37.3 Å². The summed E-state index contributed by atoms with van der Waals surface area (Å²) in [6.45, 7) is 1.49. The van der Waals surface area contributed by atoms with E-state index >= 15 is 0 Å². The number of aliphatic hydroxyl groups excluding tert-OH is 1. The van der Waals surface area contributed by atoms with Gasteiger partial charge >= 0.3 is 5.69 Å². The molecule has 3 aromatic rings. The SMILES string of the molecule is Cc1cc2ccccc2n2c(=O)n(CO)nc12. The molecule has 0 saturated carbocycles. The first-order valence-corrected chi connectivity index (χ1v) is 5.31. The zero-order valence-electron chi connectivity index (χ0n) is 9.29. The van der Waals surface area contributed by atoms with Crippen molar-refractivity contribution in [3.8, 4) is 0 Å². The van der Waals surface area contributed by atoms with Crippen molar-refractivity contribution in [3.05, 3.63) is 46.4 Å². The van der Waals surface area contributed by atoms with Crippen LogP contribution in [0.3, 0.4) is 0 Å². The van der Waals surface area contributed by atoms with Crippen molar-refractivity contribution < 1.29 is 5.11 Å². The fraction of sp³-hybridized carbons (Fsp3) is 0.167. The minimum absolute atomic E-state index is 0.317. The number of pyridine rings is 1. The number of hydrogen-bond acceptors (Lipinski definition) is 3. The van der Waals surface area contributed by atoms with Gasteiger partial charge in [0.1, 0.15) is 6.73 Å². The molecule has 0 aliphatic carbocycles. The molecule has 0 amide bonds. The van der Waals surface area contributed by atoms with Crippen LogP contribution in [0.5, 0.6) is 0 Å². The number of para-hydroxylation sites is 1. The van der Waals surface area contributed by atoms with E-state index in [2.05, 4.69) is 5.10 Å².